The molecular formula is C28H33ClN4O5S. The number of sulfonamides is 1. The molecule has 9 nitrogen and oxygen atoms in total. The van der Waals surface area contributed by atoms with Crippen molar-refractivity contribution in [2.45, 2.75) is 12.6 Å². The summed E-state index contributed by atoms with van der Waals surface area (Å²) >= 11 is 6.25. The number of nitrogens with one attached hydrogen (secondary N) is 2. The van der Waals surface area contributed by atoms with Gasteiger partial charge >= 0.3 is 0 Å². The summed E-state index contributed by atoms with van der Waals surface area (Å²) in [5, 5.41) is 3.74. The van der Waals surface area contributed by atoms with Crippen LogP contribution in [-0.4, -0.2) is 71.9 Å². The molecule has 0 aliphatic carbocycles. The normalized spacial score (nSPS) is 16.0. The van der Waals surface area contributed by atoms with Gasteiger partial charge in [0.2, 0.25) is 10.0 Å². The van der Waals surface area contributed by atoms with Gasteiger partial charge in [-0.3, -0.25) is 14.4 Å². The van der Waals surface area contributed by atoms with E-state index >= 15 is 0 Å². The molecule has 39 heavy (non-hydrogen) atoms. The average molecular weight is 573 g/mol. The summed E-state index contributed by atoms with van der Waals surface area (Å²) in [6, 6.07) is 20.0. The van der Waals surface area contributed by atoms with Gasteiger partial charge in [0.15, 0.2) is 11.5 Å². The van der Waals surface area contributed by atoms with Gasteiger partial charge in [0, 0.05) is 60.7 Å². The molecule has 3 aromatic carbocycles. The van der Waals surface area contributed by atoms with Crippen LogP contribution in [0.2, 0.25) is 5.02 Å². The van der Waals surface area contributed by atoms with Crippen LogP contribution < -0.4 is 24.4 Å². The Balaban J connectivity index is 1.49. The first-order valence-corrected chi connectivity index (χ1v) is 14.7. The van der Waals surface area contributed by atoms with E-state index in [4.69, 9.17) is 21.1 Å². The van der Waals surface area contributed by atoms with Gasteiger partial charge in [-0.05, 0) is 60.2 Å². The minimum absolute atomic E-state index is 0.0148. The lowest BCUT2D eigenvalue weighted by Gasteiger charge is -2.42. The van der Waals surface area contributed by atoms with E-state index in [9.17, 15) is 13.2 Å². The molecule has 1 aliphatic heterocycles. The molecule has 1 saturated heterocycles. The number of ether oxygens (including phenoxy) is 2. The van der Waals surface area contributed by atoms with Crippen LogP contribution >= 0.6 is 11.6 Å². The number of benzene rings is 3. The van der Waals surface area contributed by atoms with Crippen molar-refractivity contribution in [1.29, 1.82) is 0 Å². The zero-order chi connectivity index (χ0) is 28.0. The Morgan fingerprint density at radius 2 is 1.74 bits per heavy atom. The quantitative estimate of drug-likeness (QED) is 0.381. The number of nitrogens with zero attached hydrogens (tertiary/aromatic N) is 2. The molecule has 2 N–H and O–H groups in total. The second kappa shape index (κ2) is 12.6. The van der Waals surface area contributed by atoms with E-state index < -0.39 is 10.0 Å². The van der Waals surface area contributed by atoms with Gasteiger partial charge in [-0.1, -0.05) is 23.7 Å². The van der Waals surface area contributed by atoms with Gasteiger partial charge in [-0.15, -0.1) is 0 Å². The highest BCUT2D eigenvalue weighted by Gasteiger charge is 2.28. The first kappa shape index (κ1) is 28.5. The van der Waals surface area contributed by atoms with Crippen molar-refractivity contribution < 1.29 is 22.7 Å². The van der Waals surface area contributed by atoms with E-state index in [1.807, 2.05) is 42.5 Å². The largest absolute Gasteiger partial charge is 0.493 e. The summed E-state index contributed by atoms with van der Waals surface area (Å²) in [7, 11) is -0.160. The molecule has 0 bridgehead atoms. The number of hydrogen-bond donors (Lipinski definition) is 2. The van der Waals surface area contributed by atoms with Crippen molar-refractivity contribution in [2.75, 3.05) is 56.3 Å². The van der Waals surface area contributed by atoms with Crippen molar-refractivity contribution in [3.63, 3.8) is 0 Å². The third-order valence-corrected chi connectivity index (χ3v) is 7.40. The Kier molecular flexibility index (Phi) is 9.21. The lowest BCUT2D eigenvalue weighted by molar-refractivity contribution is 0.0924. The highest BCUT2D eigenvalue weighted by atomic mass is 35.5. The fourth-order valence-electron chi connectivity index (χ4n) is 4.63. The van der Waals surface area contributed by atoms with E-state index in [1.165, 1.54) is 0 Å². The lowest BCUT2D eigenvalue weighted by atomic mass is 10.1. The van der Waals surface area contributed by atoms with Crippen LogP contribution in [0.4, 0.5) is 11.4 Å². The fraction of sp³-hybridized carbons (Fsp3) is 0.321. The van der Waals surface area contributed by atoms with E-state index in [0.29, 0.717) is 47.4 Å². The second-order valence-corrected chi connectivity index (χ2v) is 11.6. The number of amides is 1. The number of piperazine rings is 1. The Bertz CT molecular complexity index is 1400. The average Bonchev–Trinajstić information content (AvgIpc) is 2.91. The number of carbonyl (C=O) groups is 1. The minimum Gasteiger partial charge on any atom is -0.493 e. The van der Waals surface area contributed by atoms with Crippen LogP contribution in [0, 0.1) is 0 Å². The number of anilines is 2. The van der Waals surface area contributed by atoms with Crippen molar-refractivity contribution in [3.8, 4) is 11.5 Å². The molecule has 0 radical (unpaired) electrons. The summed E-state index contributed by atoms with van der Waals surface area (Å²) in [6.45, 7) is 3.40. The molecule has 0 aromatic heterocycles. The van der Waals surface area contributed by atoms with Crippen LogP contribution in [0.1, 0.15) is 15.9 Å². The van der Waals surface area contributed by atoms with Crippen LogP contribution in [0.15, 0.2) is 66.7 Å². The summed E-state index contributed by atoms with van der Waals surface area (Å²) in [4.78, 5) is 17.6. The van der Waals surface area contributed by atoms with Gasteiger partial charge in [0.25, 0.3) is 5.91 Å². The van der Waals surface area contributed by atoms with Crippen LogP contribution in [0.25, 0.3) is 0 Å². The monoisotopic (exact) mass is 572 g/mol. The molecule has 1 heterocycles. The van der Waals surface area contributed by atoms with Crippen molar-refractivity contribution in [1.82, 2.24) is 10.2 Å². The molecule has 1 aliphatic rings. The Labute approximate surface area is 234 Å². The van der Waals surface area contributed by atoms with E-state index in [0.717, 1.165) is 30.6 Å². The Hall–Kier alpha value is -3.47. The van der Waals surface area contributed by atoms with Crippen molar-refractivity contribution in [3.05, 3.63) is 82.9 Å². The van der Waals surface area contributed by atoms with Gasteiger partial charge in [-0.2, -0.15) is 0 Å². The maximum atomic E-state index is 13.0. The molecule has 3 aromatic rings. The summed E-state index contributed by atoms with van der Waals surface area (Å²) in [6.07, 6.45) is 1.08. The van der Waals surface area contributed by atoms with Crippen molar-refractivity contribution in [2.24, 2.45) is 0 Å². The maximum Gasteiger partial charge on any atom is 0.251 e. The molecule has 0 spiro atoms. The van der Waals surface area contributed by atoms with Crippen molar-refractivity contribution >= 4 is 38.9 Å². The topological polar surface area (TPSA) is 100 Å². The third kappa shape index (κ3) is 7.78. The molecule has 208 valence electrons. The van der Waals surface area contributed by atoms with Gasteiger partial charge in [0.05, 0.1) is 20.5 Å². The minimum atomic E-state index is -3.39. The fourth-order valence-corrected chi connectivity index (χ4v) is 5.38. The number of methoxy groups -OCH3 is 2. The SMILES string of the molecule is COc1ccc(CN2CCN(c3cccc(Cl)c3)CC2CNC(=O)c2ccc(NS(C)(=O)=O)cc2)cc1OC. The van der Waals surface area contributed by atoms with E-state index in [1.54, 1.807) is 38.5 Å². The van der Waals surface area contributed by atoms with Crippen LogP contribution in [-0.2, 0) is 16.6 Å². The van der Waals surface area contributed by atoms with Gasteiger partial charge < -0.3 is 19.7 Å². The standard InChI is InChI=1S/C28H33ClN4O5S/c1-37-26-12-7-20(15-27(26)38-2)18-32-13-14-33(24-6-4-5-22(29)16-24)19-25(32)17-30-28(34)21-8-10-23(11-9-21)31-39(3,35)36/h4-12,15-16,25,31H,13-14,17-19H2,1-3H3,(H,30,34). The second-order valence-electron chi connectivity index (χ2n) is 9.40. The number of carbonyl (C=O) groups excluding carboxylic acids is 1. The predicted molar refractivity (Wildman–Crippen MR) is 155 cm³/mol. The smallest absolute Gasteiger partial charge is 0.251 e. The van der Waals surface area contributed by atoms with Crippen LogP contribution in [0.3, 0.4) is 0 Å². The zero-order valence-electron chi connectivity index (χ0n) is 22.2. The molecule has 4 rings (SSSR count). The van der Waals surface area contributed by atoms with E-state index in [-0.39, 0.29) is 11.9 Å². The summed E-state index contributed by atoms with van der Waals surface area (Å²) in [5.74, 6) is 1.12. The molecule has 1 unspecified atom stereocenters. The maximum absolute atomic E-state index is 13.0. The predicted octanol–water partition coefficient (Wildman–Crippen LogP) is 3.85. The molecule has 1 atom stereocenters. The van der Waals surface area contributed by atoms with Gasteiger partial charge in [-0.25, -0.2) is 8.42 Å². The molecule has 1 amide bonds. The van der Waals surface area contributed by atoms with E-state index in [2.05, 4.69) is 19.8 Å². The first-order valence-electron chi connectivity index (χ1n) is 12.5. The highest BCUT2D eigenvalue weighted by Crippen LogP contribution is 2.29. The number of halogens is 1. The first-order chi connectivity index (χ1) is 18.6. The Morgan fingerprint density at radius 3 is 2.41 bits per heavy atom. The summed E-state index contributed by atoms with van der Waals surface area (Å²) < 4.78 is 36.2. The summed E-state index contributed by atoms with van der Waals surface area (Å²) in [5.41, 5.74) is 2.97. The molecular weight excluding hydrogens is 540 g/mol. The lowest BCUT2D eigenvalue weighted by Crippen LogP contribution is -2.56. The molecule has 1 fully saturated rings. The zero-order valence-corrected chi connectivity index (χ0v) is 23.8. The Morgan fingerprint density at radius 1 is 1.00 bits per heavy atom. The molecule has 0 saturated carbocycles. The third-order valence-electron chi connectivity index (χ3n) is 6.56. The highest BCUT2D eigenvalue weighted by molar-refractivity contribution is 7.92. The van der Waals surface area contributed by atoms with Gasteiger partial charge in [0.1, 0.15) is 0 Å². The molecule has 11 heteroatoms. The number of hydrogen-bond acceptors (Lipinski definition) is 7. The van der Waals surface area contributed by atoms with Crippen LogP contribution in [0.5, 0.6) is 11.5 Å². The number of rotatable bonds is 10.